The predicted octanol–water partition coefficient (Wildman–Crippen LogP) is 21.3. The summed E-state index contributed by atoms with van der Waals surface area (Å²) < 4.78 is 23.8. The van der Waals surface area contributed by atoms with Crippen LogP contribution in [0.4, 0.5) is 0 Å². The molecule has 0 bridgehead atoms. The fraction of sp³-hybridized carbons (Fsp3) is 0.955. The minimum atomic E-state index is -4.35. The highest BCUT2D eigenvalue weighted by molar-refractivity contribution is 7.47. The summed E-state index contributed by atoms with van der Waals surface area (Å²) in [5, 5.41) is 14.0. The Kier molecular flexibility index (Phi) is 58.3. The standard InChI is InChI=1S/C67H135N2O6P/c1-6-8-10-12-14-16-18-20-22-24-26-28-30-32-34-35-37-39-41-43-45-47-49-51-53-55-57-59-61-67(71)68-65(64-75-76(72,73)74-63-62-69(3,4)5)66(70)60-58-56-54-52-50-48-46-44-42-40-38-36-33-31-29-27-25-23-21-19-17-15-13-11-9-7-2/h58,60,65-66,70H,6-57,59,61-64H2,1-5H3,(H-,68,71,72,73)/p+1/b60-58+. The second-order valence-electron chi connectivity index (χ2n) is 24.9. The van der Waals surface area contributed by atoms with Crippen molar-refractivity contribution in [3.8, 4) is 0 Å². The van der Waals surface area contributed by atoms with Gasteiger partial charge in [0.25, 0.3) is 0 Å². The monoisotopic (exact) mass is 1100 g/mol. The van der Waals surface area contributed by atoms with Crippen molar-refractivity contribution in [3.05, 3.63) is 12.2 Å². The number of quaternary nitrogens is 1. The molecule has 0 aromatic rings. The Morgan fingerprint density at radius 1 is 0.434 bits per heavy atom. The van der Waals surface area contributed by atoms with Gasteiger partial charge in [-0.25, -0.2) is 4.57 Å². The first-order chi connectivity index (χ1) is 37.0. The predicted molar refractivity (Wildman–Crippen MR) is 332 cm³/mol. The molecule has 8 nitrogen and oxygen atoms in total. The lowest BCUT2D eigenvalue weighted by Crippen LogP contribution is -2.45. The van der Waals surface area contributed by atoms with E-state index in [0.717, 1.165) is 32.1 Å². The maximum atomic E-state index is 13.0. The van der Waals surface area contributed by atoms with E-state index in [0.29, 0.717) is 17.4 Å². The highest BCUT2D eigenvalue weighted by Gasteiger charge is 2.28. The molecule has 0 rings (SSSR count). The third kappa shape index (κ3) is 60.9. The van der Waals surface area contributed by atoms with Crippen molar-refractivity contribution in [1.82, 2.24) is 5.32 Å². The van der Waals surface area contributed by atoms with Crippen molar-refractivity contribution in [2.24, 2.45) is 0 Å². The van der Waals surface area contributed by atoms with Crippen LogP contribution in [0.15, 0.2) is 12.2 Å². The second kappa shape index (κ2) is 58.9. The van der Waals surface area contributed by atoms with Gasteiger partial charge in [0.1, 0.15) is 13.2 Å². The minimum absolute atomic E-state index is 0.0655. The lowest BCUT2D eigenvalue weighted by molar-refractivity contribution is -0.870. The summed E-state index contributed by atoms with van der Waals surface area (Å²) in [6, 6.07) is -0.843. The first kappa shape index (κ1) is 75.2. The molecule has 0 aliphatic heterocycles. The van der Waals surface area contributed by atoms with Crippen molar-refractivity contribution >= 4 is 13.7 Å². The molecule has 0 spiro atoms. The van der Waals surface area contributed by atoms with Gasteiger partial charge in [0.15, 0.2) is 0 Å². The molecule has 0 aliphatic rings. The number of phosphoric ester groups is 1. The van der Waals surface area contributed by atoms with E-state index in [-0.39, 0.29) is 19.1 Å². The van der Waals surface area contributed by atoms with E-state index in [1.165, 1.54) is 308 Å². The number of likely N-dealkylation sites (N-methyl/N-ethyl adjacent to an activating group) is 1. The van der Waals surface area contributed by atoms with E-state index in [2.05, 4.69) is 19.2 Å². The number of rotatable bonds is 64. The largest absolute Gasteiger partial charge is 0.472 e. The highest BCUT2D eigenvalue weighted by Crippen LogP contribution is 2.43. The third-order valence-corrected chi connectivity index (χ3v) is 17.0. The number of carbonyl (C=O) groups is 1. The zero-order valence-electron chi connectivity index (χ0n) is 52.0. The molecule has 3 N–H and O–H groups in total. The van der Waals surface area contributed by atoms with Crippen LogP contribution in [0.25, 0.3) is 0 Å². The Hall–Kier alpha value is -0.760. The molecule has 0 aromatic carbocycles. The Morgan fingerprint density at radius 2 is 0.697 bits per heavy atom. The van der Waals surface area contributed by atoms with Gasteiger partial charge in [0, 0.05) is 6.42 Å². The highest BCUT2D eigenvalue weighted by atomic mass is 31.2. The molecule has 9 heteroatoms. The van der Waals surface area contributed by atoms with E-state index in [1.807, 2.05) is 27.2 Å². The van der Waals surface area contributed by atoms with Crippen LogP contribution in [-0.2, 0) is 18.4 Å². The molecule has 3 atom stereocenters. The van der Waals surface area contributed by atoms with Crippen molar-refractivity contribution in [2.45, 2.75) is 373 Å². The van der Waals surface area contributed by atoms with Crippen LogP contribution < -0.4 is 5.32 Å². The number of aliphatic hydroxyl groups is 1. The smallest absolute Gasteiger partial charge is 0.387 e. The molecule has 0 saturated heterocycles. The van der Waals surface area contributed by atoms with Crippen molar-refractivity contribution in [2.75, 3.05) is 40.9 Å². The minimum Gasteiger partial charge on any atom is -0.387 e. The number of unbranched alkanes of at least 4 members (excludes halogenated alkanes) is 51. The molecule has 0 heterocycles. The summed E-state index contributed by atoms with van der Waals surface area (Å²) in [6.07, 6.45) is 74.9. The van der Waals surface area contributed by atoms with Crippen molar-refractivity contribution in [1.29, 1.82) is 0 Å². The van der Waals surface area contributed by atoms with Crippen LogP contribution in [-0.4, -0.2) is 73.4 Å². The summed E-state index contributed by atoms with van der Waals surface area (Å²) in [5.74, 6) is -0.167. The number of aliphatic hydroxyl groups excluding tert-OH is 1. The summed E-state index contributed by atoms with van der Waals surface area (Å²) >= 11 is 0. The van der Waals surface area contributed by atoms with E-state index < -0.39 is 20.0 Å². The summed E-state index contributed by atoms with van der Waals surface area (Å²) in [4.78, 5) is 23.4. The summed E-state index contributed by atoms with van der Waals surface area (Å²) in [5.41, 5.74) is 0. The number of carbonyl (C=O) groups excluding carboxylic acids is 1. The van der Waals surface area contributed by atoms with Gasteiger partial charge in [-0.2, -0.15) is 0 Å². The zero-order chi connectivity index (χ0) is 55.6. The number of hydrogen-bond donors (Lipinski definition) is 3. The molecule has 1 amide bonds. The number of phosphoric acid groups is 1. The third-order valence-electron chi connectivity index (χ3n) is 16.0. The fourth-order valence-corrected chi connectivity index (χ4v) is 11.4. The molecule has 0 fully saturated rings. The van der Waals surface area contributed by atoms with Gasteiger partial charge in [-0.15, -0.1) is 0 Å². The van der Waals surface area contributed by atoms with Gasteiger partial charge in [-0.1, -0.05) is 347 Å². The SMILES string of the molecule is CCCCCCCCCCCCCCCCCCCCCCCCCC/C=C/C(O)C(COP(=O)(O)OCC[N+](C)(C)C)NC(=O)CCCCCCCCCCCCCCCCCCCCCCCCCCCCCC. The lowest BCUT2D eigenvalue weighted by Gasteiger charge is -2.25. The first-order valence-electron chi connectivity index (χ1n) is 34.1. The maximum Gasteiger partial charge on any atom is 0.472 e. The van der Waals surface area contributed by atoms with E-state index in [9.17, 15) is 19.4 Å². The van der Waals surface area contributed by atoms with Gasteiger partial charge in [0.2, 0.25) is 5.91 Å². The Bertz CT molecular complexity index is 1240. The molecule has 0 aromatic heterocycles. The van der Waals surface area contributed by atoms with Crippen LogP contribution in [0, 0.1) is 0 Å². The molecule has 0 radical (unpaired) electrons. The Balaban J connectivity index is 4.05. The lowest BCUT2D eigenvalue weighted by atomic mass is 10.0. The normalized spacial score (nSPS) is 13.7. The number of nitrogens with zero attached hydrogens (tertiary/aromatic N) is 1. The zero-order valence-corrected chi connectivity index (χ0v) is 52.9. The Morgan fingerprint density at radius 3 is 0.974 bits per heavy atom. The molecule has 0 aliphatic carbocycles. The van der Waals surface area contributed by atoms with Crippen molar-refractivity contribution in [3.63, 3.8) is 0 Å². The molecular formula is C67H136N2O6P+. The average Bonchev–Trinajstić information content (AvgIpc) is 3.38. The number of amides is 1. The fourth-order valence-electron chi connectivity index (χ4n) is 10.7. The number of nitrogens with one attached hydrogen (secondary N) is 1. The summed E-state index contributed by atoms with van der Waals surface area (Å²) in [7, 11) is 1.60. The first-order valence-corrected chi connectivity index (χ1v) is 35.6. The van der Waals surface area contributed by atoms with Crippen molar-refractivity contribution < 1.29 is 32.9 Å². The van der Waals surface area contributed by atoms with E-state index in [4.69, 9.17) is 9.05 Å². The number of allylic oxidation sites excluding steroid dienone is 1. The van der Waals surface area contributed by atoms with Crippen LogP contribution >= 0.6 is 7.82 Å². The topological polar surface area (TPSA) is 105 Å². The Labute approximate surface area is 475 Å². The van der Waals surface area contributed by atoms with Crippen LogP contribution in [0.3, 0.4) is 0 Å². The average molecular weight is 1100 g/mol. The van der Waals surface area contributed by atoms with Gasteiger partial charge < -0.3 is 19.8 Å². The van der Waals surface area contributed by atoms with Gasteiger partial charge in [0.05, 0.1) is 39.9 Å². The van der Waals surface area contributed by atoms with Crippen LogP contribution in [0.2, 0.25) is 0 Å². The quantitative estimate of drug-likeness (QED) is 0.0243. The summed E-state index contributed by atoms with van der Waals surface area (Å²) in [6.45, 7) is 4.89. The van der Waals surface area contributed by atoms with Crippen LogP contribution in [0.5, 0.6) is 0 Å². The van der Waals surface area contributed by atoms with Gasteiger partial charge in [-0.3, -0.25) is 13.8 Å². The van der Waals surface area contributed by atoms with Gasteiger partial charge >= 0.3 is 7.82 Å². The molecular weight excluding hydrogens is 960 g/mol. The molecule has 0 saturated carbocycles. The molecule has 3 unspecified atom stereocenters. The van der Waals surface area contributed by atoms with E-state index in [1.54, 1.807) is 6.08 Å². The van der Waals surface area contributed by atoms with Gasteiger partial charge in [-0.05, 0) is 19.3 Å². The second-order valence-corrected chi connectivity index (χ2v) is 26.4. The molecule has 454 valence electrons. The molecule has 76 heavy (non-hydrogen) atoms. The maximum absolute atomic E-state index is 13.0. The number of hydrogen-bond acceptors (Lipinski definition) is 5. The van der Waals surface area contributed by atoms with E-state index >= 15 is 0 Å². The van der Waals surface area contributed by atoms with Crippen LogP contribution in [0.1, 0.15) is 361 Å².